The number of rotatable bonds is 11. The third kappa shape index (κ3) is 26.0. The van der Waals surface area contributed by atoms with E-state index in [0.717, 1.165) is 32.4 Å². The van der Waals surface area contributed by atoms with E-state index >= 15 is 0 Å². The van der Waals surface area contributed by atoms with Gasteiger partial charge in [-0.3, -0.25) is 4.79 Å². The van der Waals surface area contributed by atoms with E-state index in [4.69, 9.17) is 4.74 Å². The molecule has 124 valence electrons. The Bertz CT molecular complexity index is 167. The van der Waals surface area contributed by atoms with Gasteiger partial charge >= 0.3 is 0 Å². The number of hydrogen-bond acceptors (Lipinski definition) is 4. The molecular weight excluding hydrogens is 256 g/mol. The van der Waals surface area contributed by atoms with Gasteiger partial charge in [0.1, 0.15) is 6.61 Å². The third-order valence-electron chi connectivity index (χ3n) is 2.03. The van der Waals surface area contributed by atoms with Crippen LogP contribution in [0.1, 0.15) is 47.0 Å². The first-order valence-corrected chi connectivity index (χ1v) is 7.79. The Balaban J connectivity index is -0.000000656. The normalized spacial score (nSPS) is 8.90. The SMILES string of the molecule is CC.CC.CNCCCCOCCCNC(=O)COC. The average Bonchev–Trinajstić information content (AvgIpc) is 2.50. The van der Waals surface area contributed by atoms with E-state index in [2.05, 4.69) is 15.4 Å². The summed E-state index contributed by atoms with van der Waals surface area (Å²) in [5.74, 6) is -0.0727. The van der Waals surface area contributed by atoms with E-state index in [9.17, 15) is 4.79 Å². The van der Waals surface area contributed by atoms with Gasteiger partial charge in [-0.15, -0.1) is 0 Å². The van der Waals surface area contributed by atoms with Crippen molar-refractivity contribution in [2.75, 3.05) is 47.1 Å². The molecule has 0 radical (unpaired) electrons. The summed E-state index contributed by atoms with van der Waals surface area (Å²) in [7, 11) is 3.46. The molecule has 0 bridgehead atoms. The highest BCUT2D eigenvalue weighted by Gasteiger charge is 1.97. The van der Waals surface area contributed by atoms with Crippen LogP contribution in [0.2, 0.25) is 0 Å². The summed E-state index contributed by atoms with van der Waals surface area (Å²) in [5.41, 5.74) is 0. The van der Waals surface area contributed by atoms with Crippen LogP contribution in [-0.4, -0.2) is 53.0 Å². The highest BCUT2D eigenvalue weighted by molar-refractivity contribution is 5.77. The Morgan fingerprint density at radius 1 is 0.950 bits per heavy atom. The van der Waals surface area contributed by atoms with Crippen molar-refractivity contribution in [2.24, 2.45) is 0 Å². The highest BCUT2D eigenvalue weighted by Crippen LogP contribution is 1.89. The molecule has 0 saturated heterocycles. The Morgan fingerprint density at radius 3 is 2.10 bits per heavy atom. The van der Waals surface area contributed by atoms with E-state index < -0.39 is 0 Å². The molecule has 0 fully saturated rings. The number of methoxy groups -OCH3 is 1. The smallest absolute Gasteiger partial charge is 0.245 e. The number of amides is 1. The number of hydrogen-bond donors (Lipinski definition) is 2. The fourth-order valence-electron chi connectivity index (χ4n) is 1.19. The van der Waals surface area contributed by atoms with Crippen LogP contribution in [0.25, 0.3) is 0 Å². The fourth-order valence-corrected chi connectivity index (χ4v) is 1.19. The van der Waals surface area contributed by atoms with Crippen molar-refractivity contribution in [3.8, 4) is 0 Å². The maximum Gasteiger partial charge on any atom is 0.245 e. The Kier molecular flexibility index (Phi) is 32.7. The monoisotopic (exact) mass is 292 g/mol. The van der Waals surface area contributed by atoms with Crippen LogP contribution >= 0.6 is 0 Å². The van der Waals surface area contributed by atoms with Gasteiger partial charge in [-0.2, -0.15) is 0 Å². The van der Waals surface area contributed by atoms with Crippen LogP contribution in [-0.2, 0) is 14.3 Å². The van der Waals surface area contributed by atoms with Gasteiger partial charge in [0.15, 0.2) is 0 Å². The van der Waals surface area contributed by atoms with Crippen LogP contribution in [0.3, 0.4) is 0 Å². The maximum absolute atomic E-state index is 11.0. The van der Waals surface area contributed by atoms with Crippen molar-refractivity contribution in [3.63, 3.8) is 0 Å². The second-order valence-corrected chi connectivity index (χ2v) is 3.56. The molecule has 0 aromatic carbocycles. The van der Waals surface area contributed by atoms with Gasteiger partial charge in [0.2, 0.25) is 5.91 Å². The molecule has 0 aliphatic rings. The molecule has 5 heteroatoms. The van der Waals surface area contributed by atoms with Gasteiger partial charge in [0.05, 0.1) is 0 Å². The maximum atomic E-state index is 11.0. The summed E-state index contributed by atoms with van der Waals surface area (Å²) in [5, 5.41) is 5.83. The zero-order valence-corrected chi connectivity index (χ0v) is 14.4. The number of carbonyl (C=O) groups is 1. The molecule has 5 nitrogen and oxygen atoms in total. The first kappa shape index (κ1) is 24.4. The minimum absolute atomic E-state index is 0.0727. The number of ether oxygens (including phenoxy) is 2. The van der Waals surface area contributed by atoms with Crippen LogP contribution in [0.4, 0.5) is 0 Å². The summed E-state index contributed by atoms with van der Waals surface area (Å²) in [6.07, 6.45) is 3.07. The van der Waals surface area contributed by atoms with Gasteiger partial charge in [-0.25, -0.2) is 0 Å². The Morgan fingerprint density at radius 2 is 1.55 bits per heavy atom. The molecule has 0 aromatic rings. The summed E-state index contributed by atoms with van der Waals surface area (Å²) in [6, 6.07) is 0. The van der Waals surface area contributed by atoms with Gasteiger partial charge in [-0.05, 0) is 32.9 Å². The standard InChI is InChI=1S/C11H24N2O3.2C2H6/c1-12-6-3-4-8-16-9-5-7-13-11(14)10-15-2;2*1-2/h12H,3-10H2,1-2H3,(H,13,14);2*1-2H3. The second kappa shape index (κ2) is 26.8. The lowest BCUT2D eigenvalue weighted by atomic mass is 10.3. The van der Waals surface area contributed by atoms with Crippen molar-refractivity contribution in [3.05, 3.63) is 0 Å². The van der Waals surface area contributed by atoms with Gasteiger partial charge in [-0.1, -0.05) is 27.7 Å². The topological polar surface area (TPSA) is 59.6 Å². The minimum Gasteiger partial charge on any atom is -0.381 e. The zero-order valence-electron chi connectivity index (χ0n) is 14.4. The summed E-state index contributed by atoms with van der Waals surface area (Å²) in [4.78, 5) is 11.0. The van der Waals surface area contributed by atoms with Gasteiger partial charge in [0.25, 0.3) is 0 Å². The van der Waals surface area contributed by atoms with Crippen LogP contribution in [0.5, 0.6) is 0 Å². The van der Waals surface area contributed by atoms with Crippen LogP contribution < -0.4 is 10.6 Å². The zero-order chi connectivity index (χ0) is 16.1. The van der Waals surface area contributed by atoms with Crippen molar-refractivity contribution in [1.82, 2.24) is 10.6 Å². The molecule has 0 atom stereocenters. The predicted molar refractivity (Wildman–Crippen MR) is 86.2 cm³/mol. The molecule has 0 rings (SSSR count). The lowest BCUT2D eigenvalue weighted by Gasteiger charge is -2.05. The van der Waals surface area contributed by atoms with Crippen molar-refractivity contribution >= 4 is 5.91 Å². The number of unbranched alkanes of at least 4 members (excludes halogenated alkanes) is 1. The molecule has 0 heterocycles. The predicted octanol–water partition coefficient (Wildman–Crippen LogP) is 2.21. The number of nitrogens with one attached hydrogen (secondary N) is 2. The van der Waals surface area contributed by atoms with Gasteiger partial charge < -0.3 is 20.1 Å². The van der Waals surface area contributed by atoms with E-state index in [1.165, 1.54) is 7.11 Å². The summed E-state index contributed by atoms with van der Waals surface area (Å²) in [6.45, 7) is 11.3. The molecule has 0 aliphatic carbocycles. The second-order valence-electron chi connectivity index (χ2n) is 3.56. The highest BCUT2D eigenvalue weighted by atomic mass is 16.5. The molecule has 0 unspecified atom stereocenters. The van der Waals surface area contributed by atoms with Crippen molar-refractivity contribution in [1.29, 1.82) is 0 Å². The average molecular weight is 292 g/mol. The quantitative estimate of drug-likeness (QED) is 0.573. The number of carbonyl (C=O) groups excluding carboxylic acids is 1. The summed E-state index contributed by atoms with van der Waals surface area (Å²) >= 11 is 0. The first-order valence-electron chi connectivity index (χ1n) is 7.79. The van der Waals surface area contributed by atoms with E-state index in [1.807, 2.05) is 34.7 Å². The Hall–Kier alpha value is -0.650. The molecule has 0 aromatic heterocycles. The first-order chi connectivity index (χ1) is 9.81. The van der Waals surface area contributed by atoms with Crippen molar-refractivity contribution in [2.45, 2.75) is 47.0 Å². The minimum atomic E-state index is -0.0727. The molecule has 0 aliphatic heterocycles. The largest absolute Gasteiger partial charge is 0.381 e. The molecule has 0 spiro atoms. The van der Waals surface area contributed by atoms with Crippen LogP contribution in [0, 0.1) is 0 Å². The van der Waals surface area contributed by atoms with E-state index in [-0.39, 0.29) is 12.5 Å². The molecule has 0 saturated carbocycles. The fraction of sp³-hybridized carbons (Fsp3) is 0.933. The van der Waals surface area contributed by atoms with E-state index in [0.29, 0.717) is 13.2 Å². The molecule has 20 heavy (non-hydrogen) atoms. The molecule has 2 N–H and O–H groups in total. The lowest BCUT2D eigenvalue weighted by Crippen LogP contribution is -2.28. The van der Waals surface area contributed by atoms with Gasteiger partial charge in [0, 0.05) is 26.9 Å². The molecular formula is C15H36N2O3. The van der Waals surface area contributed by atoms with Crippen LogP contribution in [0.15, 0.2) is 0 Å². The third-order valence-corrected chi connectivity index (χ3v) is 2.03. The Labute approximate surface area is 125 Å². The lowest BCUT2D eigenvalue weighted by molar-refractivity contribution is -0.124. The summed E-state index contributed by atoms with van der Waals surface area (Å²) < 4.78 is 10.1. The van der Waals surface area contributed by atoms with Crippen molar-refractivity contribution < 1.29 is 14.3 Å². The molecule has 1 amide bonds. The van der Waals surface area contributed by atoms with E-state index in [1.54, 1.807) is 0 Å².